The lowest BCUT2D eigenvalue weighted by Crippen LogP contribution is -2.00. The lowest BCUT2D eigenvalue weighted by atomic mass is 10.2. The van der Waals surface area contributed by atoms with Gasteiger partial charge in [-0.2, -0.15) is 5.26 Å². The smallest absolute Gasteiger partial charge is 0.164 e. The maximum atomic E-state index is 8.82. The molecule has 0 spiro atoms. The highest BCUT2D eigenvalue weighted by atomic mass is 127. The third-order valence-corrected chi connectivity index (χ3v) is 2.99. The van der Waals surface area contributed by atoms with Crippen LogP contribution in [0.3, 0.4) is 0 Å². The molecule has 1 aromatic heterocycles. The number of furan rings is 1. The minimum absolute atomic E-state index is 0.574. The second-order valence-corrected chi connectivity index (χ2v) is 4.65. The van der Waals surface area contributed by atoms with Crippen molar-refractivity contribution in [3.8, 4) is 11.8 Å². The average Bonchev–Trinajstić information content (AvgIpc) is 2.82. The number of anilines is 1. The number of nitrogens with one attached hydrogen (secondary N) is 1. The number of methoxy groups -OCH3 is 1. The van der Waals surface area contributed by atoms with Gasteiger partial charge in [0.15, 0.2) is 3.77 Å². The summed E-state index contributed by atoms with van der Waals surface area (Å²) >= 11 is 2.12. The van der Waals surface area contributed by atoms with Crippen LogP contribution in [0.15, 0.2) is 34.7 Å². The van der Waals surface area contributed by atoms with E-state index in [9.17, 15) is 0 Å². The van der Waals surface area contributed by atoms with E-state index >= 15 is 0 Å². The van der Waals surface area contributed by atoms with E-state index in [1.807, 2.05) is 18.2 Å². The first kappa shape index (κ1) is 12.8. The van der Waals surface area contributed by atoms with Crippen molar-refractivity contribution in [3.63, 3.8) is 0 Å². The number of ether oxygens (including phenoxy) is 1. The topological polar surface area (TPSA) is 58.2 Å². The molecule has 1 aromatic carbocycles. The SMILES string of the molecule is COc1cc(C#N)ccc1NCc1ccc(I)o1. The zero-order valence-corrected chi connectivity index (χ0v) is 11.9. The number of nitrogens with zero attached hydrogens (tertiary/aromatic N) is 1. The van der Waals surface area contributed by atoms with Crippen LogP contribution in [-0.4, -0.2) is 7.11 Å². The van der Waals surface area contributed by atoms with Crippen LogP contribution in [0.4, 0.5) is 5.69 Å². The predicted molar refractivity (Wildman–Crippen MR) is 76.5 cm³/mol. The van der Waals surface area contributed by atoms with Gasteiger partial charge in [0.25, 0.3) is 0 Å². The summed E-state index contributed by atoms with van der Waals surface area (Å²) in [4.78, 5) is 0. The summed E-state index contributed by atoms with van der Waals surface area (Å²) in [5, 5.41) is 12.0. The fourth-order valence-corrected chi connectivity index (χ4v) is 2.00. The highest BCUT2D eigenvalue weighted by Crippen LogP contribution is 2.26. The Morgan fingerprint density at radius 2 is 2.22 bits per heavy atom. The van der Waals surface area contributed by atoms with Crippen LogP contribution < -0.4 is 10.1 Å². The normalized spacial score (nSPS) is 9.83. The van der Waals surface area contributed by atoms with Crippen molar-refractivity contribution < 1.29 is 9.15 Å². The molecule has 0 amide bonds. The van der Waals surface area contributed by atoms with Crippen LogP contribution in [-0.2, 0) is 6.54 Å². The Labute approximate surface area is 119 Å². The molecule has 1 heterocycles. The van der Waals surface area contributed by atoms with Crippen LogP contribution in [0.1, 0.15) is 11.3 Å². The lowest BCUT2D eigenvalue weighted by Gasteiger charge is -2.10. The van der Waals surface area contributed by atoms with Crippen molar-refractivity contribution in [2.75, 3.05) is 12.4 Å². The third-order valence-electron chi connectivity index (χ3n) is 2.41. The van der Waals surface area contributed by atoms with Crippen molar-refractivity contribution in [2.45, 2.75) is 6.54 Å². The van der Waals surface area contributed by atoms with Gasteiger partial charge in [-0.05, 0) is 46.9 Å². The van der Waals surface area contributed by atoms with Gasteiger partial charge in [-0.25, -0.2) is 0 Å². The second-order valence-electron chi connectivity index (χ2n) is 3.59. The number of hydrogen-bond acceptors (Lipinski definition) is 4. The maximum absolute atomic E-state index is 8.82. The van der Waals surface area contributed by atoms with Crippen LogP contribution in [0, 0.1) is 15.1 Å². The molecule has 0 bridgehead atoms. The van der Waals surface area contributed by atoms with Crippen LogP contribution in [0.5, 0.6) is 5.75 Å². The molecule has 0 radical (unpaired) electrons. The second kappa shape index (κ2) is 5.78. The monoisotopic (exact) mass is 354 g/mol. The van der Waals surface area contributed by atoms with Gasteiger partial charge >= 0.3 is 0 Å². The van der Waals surface area contributed by atoms with E-state index in [2.05, 4.69) is 34.0 Å². The van der Waals surface area contributed by atoms with Gasteiger partial charge in [0.1, 0.15) is 11.5 Å². The summed E-state index contributed by atoms with van der Waals surface area (Å²) < 4.78 is 11.5. The summed E-state index contributed by atoms with van der Waals surface area (Å²) in [6, 6.07) is 11.2. The molecule has 0 aliphatic heterocycles. The van der Waals surface area contributed by atoms with E-state index in [-0.39, 0.29) is 0 Å². The molecule has 5 heteroatoms. The maximum Gasteiger partial charge on any atom is 0.164 e. The number of rotatable bonds is 4. The molecule has 0 aliphatic carbocycles. The standard InChI is InChI=1S/C13H11IN2O2/c1-17-12-6-9(7-15)2-4-11(12)16-8-10-3-5-13(14)18-10/h2-6,16H,8H2,1H3. The average molecular weight is 354 g/mol. The number of nitriles is 1. The van der Waals surface area contributed by atoms with E-state index < -0.39 is 0 Å². The van der Waals surface area contributed by atoms with Gasteiger partial charge in [0.2, 0.25) is 0 Å². The van der Waals surface area contributed by atoms with Crippen molar-refractivity contribution in [2.24, 2.45) is 0 Å². The highest BCUT2D eigenvalue weighted by Gasteiger charge is 2.05. The molecule has 2 aromatic rings. The van der Waals surface area contributed by atoms with E-state index in [4.69, 9.17) is 14.4 Å². The molecule has 0 fully saturated rings. The van der Waals surface area contributed by atoms with Gasteiger partial charge in [0.05, 0.1) is 31.0 Å². The van der Waals surface area contributed by atoms with Gasteiger partial charge in [-0.3, -0.25) is 0 Å². The fourth-order valence-electron chi connectivity index (χ4n) is 1.54. The largest absolute Gasteiger partial charge is 0.495 e. The number of benzene rings is 1. The minimum Gasteiger partial charge on any atom is -0.495 e. The van der Waals surface area contributed by atoms with Crippen molar-refractivity contribution in [1.82, 2.24) is 0 Å². The van der Waals surface area contributed by atoms with Crippen molar-refractivity contribution >= 4 is 28.3 Å². The Kier molecular flexibility index (Phi) is 4.10. The number of hydrogen-bond donors (Lipinski definition) is 1. The molecule has 2 rings (SSSR count). The van der Waals surface area contributed by atoms with E-state index in [1.54, 1.807) is 19.2 Å². The molecule has 0 aliphatic rings. The molecule has 4 nitrogen and oxygen atoms in total. The highest BCUT2D eigenvalue weighted by molar-refractivity contribution is 14.1. The molecule has 0 atom stereocenters. The molecule has 0 saturated carbocycles. The summed E-state index contributed by atoms with van der Waals surface area (Å²) in [6.07, 6.45) is 0. The Morgan fingerprint density at radius 1 is 1.39 bits per heavy atom. The van der Waals surface area contributed by atoms with E-state index in [0.29, 0.717) is 17.9 Å². The first-order chi connectivity index (χ1) is 8.72. The first-order valence-electron chi connectivity index (χ1n) is 5.29. The van der Waals surface area contributed by atoms with Gasteiger partial charge in [-0.15, -0.1) is 0 Å². The van der Waals surface area contributed by atoms with Crippen LogP contribution in [0.2, 0.25) is 0 Å². The molecular formula is C13H11IN2O2. The van der Waals surface area contributed by atoms with Crippen LogP contribution >= 0.6 is 22.6 Å². The van der Waals surface area contributed by atoms with E-state index in [0.717, 1.165) is 15.2 Å². The van der Waals surface area contributed by atoms with Gasteiger partial charge < -0.3 is 14.5 Å². The predicted octanol–water partition coefficient (Wildman–Crippen LogP) is 3.38. The Hall–Kier alpha value is -1.68. The summed E-state index contributed by atoms with van der Waals surface area (Å²) in [7, 11) is 1.58. The van der Waals surface area contributed by atoms with Crippen molar-refractivity contribution in [1.29, 1.82) is 5.26 Å². The van der Waals surface area contributed by atoms with Crippen molar-refractivity contribution in [3.05, 3.63) is 45.4 Å². The van der Waals surface area contributed by atoms with E-state index in [1.165, 1.54) is 0 Å². The minimum atomic E-state index is 0.574. The molecular weight excluding hydrogens is 343 g/mol. The summed E-state index contributed by atoms with van der Waals surface area (Å²) in [5.74, 6) is 1.50. The zero-order chi connectivity index (χ0) is 13.0. The molecule has 0 saturated heterocycles. The molecule has 92 valence electrons. The molecule has 1 N–H and O–H groups in total. The Bertz CT molecular complexity index is 587. The third kappa shape index (κ3) is 2.96. The van der Waals surface area contributed by atoms with Crippen LogP contribution in [0.25, 0.3) is 0 Å². The summed E-state index contributed by atoms with van der Waals surface area (Å²) in [6.45, 7) is 0.575. The number of halogens is 1. The zero-order valence-electron chi connectivity index (χ0n) is 9.74. The quantitative estimate of drug-likeness (QED) is 0.856. The molecule has 18 heavy (non-hydrogen) atoms. The Balaban J connectivity index is 2.12. The Morgan fingerprint density at radius 3 is 2.83 bits per heavy atom. The van der Waals surface area contributed by atoms with Gasteiger partial charge in [0, 0.05) is 6.07 Å². The fraction of sp³-hybridized carbons (Fsp3) is 0.154. The molecule has 0 unspecified atom stereocenters. The first-order valence-corrected chi connectivity index (χ1v) is 6.37. The van der Waals surface area contributed by atoms with Gasteiger partial charge in [-0.1, -0.05) is 0 Å². The lowest BCUT2D eigenvalue weighted by molar-refractivity contribution is 0.416. The summed E-state index contributed by atoms with van der Waals surface area (Å²) in [5.41, 5.74) is 1.41.